The summed E-state index contributed by atoms with van der Waals surface area (Å²) in [6.07, 6.45) is 3.85. The summed E-state index contributed by atoms with van der Waals surface area (Å²) in [5.41, 5.74) is 8.10. The highest BCUT2D eigenvalue weighted by atomic mass is 16.5. The summed E-state index contributed by atoms with van der Waals surface area (Å²) in [6.45, 7) is 2.29. The first kappa shape index (κ1) is 24.4. The maximum Gasteiger partial charge on any atom is 0.269 e. The molecular weight excluding hydrogens is 464 g/mol. The lowest BCUT2D eigenvalue weighted by atomic mass is 10.1. The number of fused-ring (bicyclic) bond motifs is 1. The van der Waals surface area contributed by atoms with Gasteiger partial charge >= 0.3 is 0 Å². The van der Waals surface area contributed by atoms with E-state index in [0.717, 1.165) is 16.9 Å². The molecule has 2 aromatic carbocycles. The number of carbonyl (C=O) groups is 2. The molecule has 10 heteroatoms. The first-order valence-electron chi connectivity index (χ1n) is 11.0. The number of amides is 2. The van der Waals surface area contributed by atoms with E-state index in [1.165, 1.54) is 33.5 Å². The van der Waals surface area contributed by atoms with Gasteiger partial charge in [0, 0.05) is 23.5 Å². The van der Waals surface area contributed by atoms with Gasteiger partial charge in [-0.1, -0.05) is 6.07 Å². The van der Waals surface area contributed by atoms with Crippen LogP contribution in [0, 0.1) is 6.92 Å². The zero-order valence-corrected chi connectivity index (χ0v) is 20.3. The summed E-state index contributed by atoms with van der Waals surface area (Å²) < 4.78 is 23.5. The molecule has 4 aromatic rings. The van der Waals surface area contributed by atoms with Crippen LogP contribution in [0.15, 0.2) is 60.9 Å². The van der Waals surface area contributed by atoms with Crippen molar-refractivity contribution in [3.8, 4) is 23.0 Å². The molecule has 0 bridgehead atoms. The van der Waals surface area contributed by atoms with Crippen LogP contribution in [0.3, 0.4) is 0 Å². The highest BCUT2D eigenvalue weighted by molar-refractivity contribution is 5.99. The largest absolute Gasteiger partial charge is 0.493 e. The van der Waals surface area contributed by atoms with Crippen molar-refractivity contribution in [2.24, 2.45) is 0 Å². The van der Waals surface area contributed by atoms with E-state index in [4.69, 9.17) is 18.9 Å². The van der Waals surface area contributed by atoms with Crippen LogP contribution in [-0.2, 0) is 6.61 Å². The molecule has 0 unspecified atom stereocenters. The Morgan fingerprint density at radius 1 is 0.889 bits per heavy atom. The predicted molar refractivity (Wildman–Crippen MR) is 132 cm³/mol. The van der Waals surface area contributed by atoms with Crippen molar-refractivity contribution in [1.29, 1.82) is 0 Å². The molecule has 2 amide bonds. The summed E-state index contributed by atoms with van der Waals surface area (Å²) in [5.74, 6) is 0.551. The third-order valence-electron chi connectivity index (χ3n) is 5.45. The van der Waals surface area contributed by atoms with Crippen LogP contribution in [0.1, 0.15) is 32.0 Å². The van der Waals surface area contributed by atoms with Crippen molar-refractivity contribution in [3.05, 3.63) is 83.3 Å². The fourth-order valence-electron chi connectivity index (χ4n) is 3.60. The van der Waals surface area contributed by atoms with Gasteiger partial charge in [0.2, 0.25) is 5.75 Å². The average Bonchev–Trinajstić information content (AvgIpc) is 3.34. The van der Waals surface area contributed by atoms with Crippen LogP contribution in [0.4, 0.5) is 0 Å². The molecule has 0 saturated heterocycles. The molecule has 0 atom stereocenters. The number of nitrogens with zero attached hydrogens (tertiary/aromatic N) is 2. The normalized spacial score (nSPS) is 10.6. The van der Waals surface area contributed by atoms with Crippen molar-refractivity contribution < 1.29 is 28.5 Å². The molecule has 0 fully saturated rings. The smallest absolute Gasteiger partial charge is 0.269 e. The molecule has 2 heterocycles. The molecule has 186 valence electrons. The highest BCUT2D eigenvalue weighted by Crippen LogP contribution is 2.38. The zero-order chi connectivity index (χ0) is 25.7. The number of aryl methyl sites for hydroxylation is 1. The summed E-state index contributed by atoms with van der Waals surface area (Å²) in [6, 6.07) is 13.5. The number of methoxy groups -OCH3 is 3. The molecule has 10 nitrogen and oxygen atoms in total. The van der Waals surface area contributed by atoms with Crippen molar-refractivity contribution >= 4 is 17.5 Å². The number of hydrogen-bond donors (Lipinski definition) is 2. The number of benzene rings is 2. The van der Waals surface area contributed by atoms with Crippen LogP contribution in [0.5, 0.6) is 23.0 Å². The van der Waals surface area contributed by atoms with E-state index < -0.39 is 11.8 Å². The number of imidazole rings is 1. The Hall–Kier alpha value is -4.73. The fourth-order valence-corrected chi connectivity index (χ4v) is 3.60. The van der Waals surface area contributed by atoms with Gasteiger partial charge < -0.3 is 23.3 Å². The predicted octanol–water partition coefficient (Wildman–Crippen LogP) is 3.32. The molecule has 4 rings (SSSR count). The van der Waals surface area contributed by atoms with Crippen LogP contribution < -0.4 is 29.8 Å². The second-order valence-electron chi connectivity index (χ2n) is 7.79. The van der Waals surface area contributed by atoms with E-state index in [9.17, 15) is 9.59 Å². The number of pyridine rings is 1. The van der Waals surface area contributed by atoms with Crippen molar-refractivity contribution in [2.75, 3.05) is 21.3 Å². The van der Waals surface area contributed by atoms with E-state index in [1.807, 2.05) is 35.9 Å². The second-order valence-corrected chi connectivity index (χ2v) is 7.79. The number of ether oxygens (including phenoxy) is 4. The van der Waals surface area contributed by atoms with Gasteiger partial charge in [-0.05, 0) is 55.0 Å². The lowest BCUT2D eigenvalue weighted by molar-refractivity contribution is 0.0846. The summed E-state index contributed by atoms with van der Waals surface area (Å²) in [4.78, 5) is 29.7. The van der Waals surface area contributed by atoms with Gasteiger partial charge in [-0.25, -0.2) is 4.98 Å². The first-order valence-corrected chi connectivity index (χ1v) is 11.0. The SMILES string of the molecule is COc1cc(C(=O)NNC(=O)c2ccc(OCc3cn4cccc(C)c4n3)cc2)cc(OC)c1OC. The Labute approximate surface area is 207 Å². The molecule has 2 aromatic heterocycles. The Kier molecular flexibility index (Phi) is 7.24. The number of nitrogens with one attached hydrogen (secondary N) is 2. The first-order chi connectivity index (χ1) is 17.4. The quantitative estimate of drug-likeness (QED) is 0.365. The maximum atomic E-state index is 12.6. The van der Waals surface area contributed by atoms with Crippen molar-refractivity contribution in [2.45, 2.75) is 13.5 Å². The lowest BCUT2D eigenvalue weighted by Gasteiger charge is -2.14. The molecule has 0 radical (unpaired) electrons. The van der Waals surface area contributed by atoms with Gasteiger partial charge in [0.05, 0.1) is 27.0 Å². The Morgan fingerprint density at radius 2 is 1.53 bits per heavy atom. The van der Waals surface area contributed by atoms with Crippen LogP contribution in [-0.4, -0.2) is 42.5 Å². The van der Waals surface area contributed by atoms with Crippen molar-refractivity contribution in [3.63, 3.8) is 0 Å². The monoisotopic (exact) mass is 490 g/mol. The fraction of sp³-hybridized carbons (Fsp3) is 0.192. The molecule has 0 aliphatic heterocycles. The minimum absolute atomic E-state index is 0.218. The molecule has 0 aliphatic rings. The van der Waals surface area contributed by atoms with E-state index in [2.05, 4.69) is 15.8 Å². The molecule has 0 saturated carbocycles. The van der Waals surface area contributed by atoms with Gasteiger partial charge in [-0.3, -0.25) is 20.4 Å². The number of rotatable bonds is 8. The van der Waals surface area contributed by atoms with Crippen LogP contribution in [0.25, 0.3) is 5.65 Å². The number of aromatic nitrogens is 2. The average molecular weight is 491 g/mol. The molecule has 0 spiro atoms. The van der Waals surface area contributed by atoms with E-state index in [1.54, 1.807) is 24.3 Å². The number of hydrogen-bond acceptors (Lipinski definition) is 7. The van der Waals surface area contributed by atoms with Crippen molar-refractivity contribution in [1.82, 2.24) is 20.2 Å². The van der Waals surface area contributed by atoms with E-state index in [0.29, 0.717) is 28.6 Å². The maximum absolute atomic E-state index is 12.6. The van der Waals surface area contributed by atoms with E-state index >= 15 is 0 Å². The van der Waals surface area contributed by atoms with Gasteiger partial charge in [0.25, 0.3) is 11.8 Å². The summed E-state index contributed by atoms with van der Waals surface area (Å²) in [7, 11) is 4.37. The number of hydrazine groups is 1. The topological polar surface area (TPSA) is 112 Å². The third kappa shape index (κ3) is 5.17. The molecule has 36 heavy (non-hydrogen) atoms. The number of carbonyl (C=O) groups excluding carboxylic acids is 2. The van der Waals surface area contributed by atoms with Gasteiger partial charge in [0.15, 0.2) is 11.5 Å². The van der Waals surface area contributed by atoms with Crippen LogP contribution in [0.2, 0.25) is 0 Å². The standard InChI is InChI=1S/C26H26N4O6/c1-16-6-5-11-30-14-19(27-24(16)30)15-36-20-9-7-17(8-10-20)25(31)28-29-26(32)18-12-21(33-2)23(35-4)22(13-18)34-3/h5-14H,15H2,1-4H3,(H,28,31)(H,29,32). The summed E-state index contributed by atoms with van der Waals surface area (Å²) >= 11 is 0. The third-order valence-corrected chi connectivity index (χ3v) is 5.45. The van der Waals surface area contributed by atoms with E-state index in [-0.39, 0.29) is 12.2 Å². The van der Waals surface area contributed by atoms with Crippen LogP contribution >= 0.6 is 0 Å². The molecule has 0 aliphatic carbocycles. The Morgan fingerprint density at radius 3 is 2.11 bits per heavy atom. The van der Waals surface area contributed by atoms with Gasteiger partial charge in [-0.15, -0.1) is 0 Å². The Balaban J connectivity index is 1.34. The minimum Gasteiger partial charge on any atom is -0.493 e. The minimum atomic E-state index is -0.551. The van der Waals surface area contributed by atoms with Gasteiger partial charge in [0.1, 0.15) is 18.0 Å². The second kappa shape index (κ2) is 10.7. The summed E-state index contributed by atoms with van der Waals surface area (Å²) in [5, 5.41) is 0. The molecule has 2 N–H and O–H groups in total. The van der Waals surface area contributed by atoms with Gasteiger partial charge in [-0.2, -0.15) is 0 Å². The zero-order valence-electron chi connectivity index (χ0n) is 20.3. The Bertz CT molecular complexity index is 1370. The lowest BCUT2D eigenvalue weighted by Crippen LogP contribution is -2.41. The highest BCUT2D eigenvalue weighted by Gasteiger charge is 2.17. The molecular formula is C26H26N4O6.